The van der Waals surface area contributed by atoms with Gasteiger partial charge in [-0.1, -0.05) is 29.3 Å². The fourth-order valence-corrected chi connectivity index (χ4v) is 2.92. The number of unbranched alkanes of at least 4 members (excludes halogenated alkanes) is 1. The van der Waals surface area contributed by atoms with Gasteiger partial charge in [-0.05, 0) is 31.5 Å². The van der Waals surface area contributed by atoms with Crippen LogP contribution in [0.25, 0.3) is 0 Å². The number of carboxylic acids is 1. The molecule has 1 heterocycles. The van der Waals surface area contributed by atoms with Crippen LogP contribution in [0.15, 0.2) is 22.7 Å². The van der Waals surface area contributed by atoms with E-state index >= 15 is 0 Å². The van der Waals surface area contributed by atoms with Crippen molar-refractivity contribution in [3.63, 3.8) is 0 Å². The number of hydrogen-bond donors (Lipinski definition) is 3. The highest BCUT2D eigenvalue weighted by molar-refractivity contribution is 9.10. The molecule has 116 valence electrons. The van der Waals surface area contributed by atoms with Gasteiger partial charge in [0.2, 0.25) is 0 Å². The smallest absolute Gasteiger partial charge is 0.310 e. The summed E-state index contributed by atoms with van der Waals surface area (Å²) in [5.41, 5.74) is 6.96. The molecule has 1 aromatic carbocycles. The molecule has 1 saturated heterocycles. The molecule has 0 saturated carbocycles. The Kier molecular flexibility index (Phi) is 5.61. The highest BCUT2D eigenvalue weighted by atomic mass is 79.9. The molecule has 1 aliphatic rings. The molecule has 0 aliphatic carbocycles. The molecule has 3 atom stereocenters. The van der Waals surface area contributed by atoms with Crippen LogP contribution < -0.4 is 15.6 Å². The summed E-state index contributed by atoms with van der Waals surface area (Å²) in [4.78, 5) is 11.5. The summed E-state index contributed by atoms with van der Waals surface area (Å²) >= 11 is 3.45. The third kappa shape index (κ3) is 3.75. The van der Waals surface area contributed by atoms with Gasteiger partial charge in [-0.15, -0.1) is 0 Å². The van der Waals surface area contributed by atoms with Gasteiger partial charge in [0.1, 0.15) is 5.75 Å². The van der Waals surface area contributed by atoms with Crippen molar-refractivity contribution in [2.24, 2.45) is 5.92 Å². The first kappa shape index (κ1) is 16.3. The van der Waals surface area contributed by atoms with Gasteiger partial charge >= 0.3 is 5.97 Å². The monoisotopic (exact) mass is 356 g/mol. The summed E-state index contributed by atoms with van der Waals surface area (Å²) < 4.78 is 6.73. The minimum absolute atomic E-state index is 0.144. The SMILES string of the molecule is CCCCOc1ccc(Br)cc1C1NNC(C)C1C(=O)O. The summed E-state index contributed by atoms with van der Waals surface area (Å²) in [6.45, 7) is 4.61. The first-order valence-corrected chi connectivity index (χ1v) is 8.00. The molecule has 1 fully saturated rings. The van der Waals surface area contributed by atoms with E-state index in [1.165, 1.54) is 0 Å². The number of rotatable bonds is 6. The van der Waals surface area contributed by atoms with Crippen molar-refractivity contribution >= 4 is 21.9 Å². The fraction of sp³-hybridized carbons (Fsp3) is 0.533. The standard InChI is InChI=1S/C15H21BrN2O3/c1-3-4-7-21-12-6-5-10(16)8-11(12)14-13(15(19)20)9(2)17-18-14/h5-6,8-9,13-14,17-18H,3-4,7H2,1-2H3,(H,19,20). The number of hydrazine groups is 1. The molecule has 0 aromatic heterocycles. The van der Waals surface area contributed by atoms with Crippen molar-refractivity contribution in [3.8, 4) is 5.75 Å². The van der Waals surface area contributed by atoms with Crippen molar-refractivity contribution < 1.29 is 14.6 Å². The lowest BCUT2D eigenvalue weighted by Gasteiger charge is -2.20. The Labute approximate surface area is 133 Å². The van der Waals surface area contributed by atoms with E-state index in [1.807, 2.05) is 25.1 Å². The quantitative estimate of drug-likeness (QED) is 0.683. The third-order valence-electron chi connectivity index (χ3n) is 3.71. The van der Waals surface area contributed by atoms with Gasteiger partial charge < -0.3 is 9.84 Å². The van der Waals surface area contributed by atoms with E-state index in [9.17, 15) is 9.90 Å². The van der Waals surface area contributed by atoms with E-state index in [0.717, 1.165) is 28.6 Å². The summed E-state index contributed by atoms with van der Waals surface area (Å²) in [6, 6.07) is 5.26. The Morgan fingerprint density at radius 1 is 1.43 bits per heavy atom. The minimum Gasteiger partial charge on any atom is -0.493 e. The first-order chi connectivity index (χ1) is 10.0. The van der Waals surface area contributed by atoms with Crippen LogP contribution >= 0.6 is 15.9 Å². The summed E-state index contributed by atoms with van der Waals surface area (Å²) in [5, 5.41) is 9.46. The third-order valence-corrected chi connectivity index (χ3v) is 4.21. The lowest BCUT2D eigenvalue weighted by molar-refractivity contribution is -0.142. The molecule has 3 N–H and O–H groups in total. The van der Waals surface area contributed by atoms with Gasteiger partial charge in [0.15, 0.2) is 0 Å². The lowest BCUT2D eigenvalue weighted by Crippen LogP contribution is -2.30. The Morgan fingerprint density at radius 2 is 2.19 bits per heavy atom. The van der Waals surface area contributed by atoms with Crippen LogP contribution in [0.2, 0.25) is 0 Å². The molecule has 2 rings (SSSR count). The van der Waals surface area contributed by atoms with Crippen LogP contribution in [0.1, 0.15) is 38.3 Å². The summed E-state index contributed by atoms with van der Waals surface area (Å²) in [5.74, 6) is -0.608. The summed E-state index contributed by atoms with van der Waals surface area (Å²) in [6.07, 6.45) is 2.04. The number of halogens is 1. The number of aliphatic carboxylic acids is 1. The molecular formula is C15H21BrN2O3. The molecule has 6 heteroatoms. The normalized spacial score (nSPS) is 25.0. The number of hydrogen-bond acceptors (Lipinski definition) is 4. The van der Waals surface area contributed by atoms with Crippen molar-refractivity contribution in [2.75, 3.05) is 6.61 Å². The molecule has 1 aliphatic heterocycles. The van der Waals surface area contributed by atoms with Crippen LogP contribution in [0.3, 0.4) is 0 Å². The maximum Gasteiger partial charge on any atom is 0.310 e. The average molecular weight is 357 g/mol. The zero-order valence-corrected chi connectivity index (χ0v) is 13.8. The Morgan fingerprint density at radius 3 is 2.86 bits per heavy atom. The molecular weight excluding hydrogens is 336 g/mol. The van der Waals surface area contributed by atoms with E-state index in [0.29, 0.717) is 6.61 Å². The number of carbonyl (C=O) groups is 1. The average Bonchev–Trinajstić information content (AvgIpc) is 2.82. The van der Waals surface area contributed by atoms with Crippen molar-refractivity contribution in [2.45, 2.75) is 38.8 Å². The molecule has 0 amide bonds. The zero-order valence-electron chi connectivity index (χ0n) is 12.2. The van der Waals surface area contributed by atoms with E-state index in [4.69, 9.17) is 4.74 Å². The van der Waals surface area contributed by atoms with Gasteiger partial charge in [0, 0.05) is 16.1 Å². The largest absolute Gasteiger partial charge is 0.493 e. The second-order valence-electron chi connectivity index (χ2n) is 5.30. The van der Waals surface area contributed by atoms with Gasteiger partial charge in [0.25, 0.3) is 0 Å². The molecule has 0 spiro atoms. The zero-order chi connectivity index (χ0) is 15.4. The van der Waals surface area contributed by atoms with Gasteiger partial charge in [-0.25, -0.2) is 5.43 Å². The summed E-state index contributed by atoms with van der Waals surface area (Å²) in [7, 11) is 0. The van der Waals surface area contributed by atoms with Crippen molar-refractivity contribution in [1.82, 2.24) is 10.9 Å². The predicted molar refractivity (Wildman–Crippen MR) is 84.1 cm³/mol. The Hall–Kier alpha value is -1.11. The van der Waals surface area contributed by atoms with E-state index < -0.39 is 11.9 Å². The molecule has 0 bridgehead atoms. The molecule has 21 heavy (non-hydrogen) atoms. The van der Waals surface area contributed by atoms with Gasteiger partial charge in [0.05, 0.1) is 18.6 Å². The molecule has 5 nitrogen and oxygen atoms in total. The van der Waals surface area contributed by atoms with E-state index in [-0.39, 0.29) is 12.1 Å². The highest BCUT2D eigenvalue weighted by Crippen LogP contribution is 2.36. The van der Waals surface area contributed by atoms with E-state index in [2.05, 4.69) is 33.7 Å². The first-order valence-electron chi connectivity index (χ1n) is 7.20. The van der Waals surface area contributed by atoms with Crippen LogP contribution in [0.4, 0.5) is 0 Å². The molecule has 1 aromatic rings. The number of carboxylic acid groups (broad SMARTS) is 1. The van der Waals surface area contributed by atoms with Gasteiger partial charge in [-0.3, -0.25) is 10.2 Å². The maximum atomic E-state index is 11.5. The Balaban J connectivity index is 2.28. The predicted octanol–water partition coefficient (Wildman–Crippen LogP) is 2.87. The molecule has 0 radical (unpaired) electrons. The maximum absolute atomic E-state index is 11.5. The fourth-order valence-electron chi connectivity index (χ4n) is 2.54. The highest BCUT2D eigenvalue weighted by Gasteiger charge is 2.40. The number of ether oxygens (including phenoxy) is 1. The minimum atomic E-state index is -0.815. The topological polar surface area (TPSA) is 70.6 Å². The van der Waals surface area contributed by atoms with Crippen LogP contribution in [-0.2, 0) is 4.79 Å². The van der Waals surface area contributed by atoms with Crippen molar-refractivity contribution in [1.29, 1.82) is 0 Å². The number of nitrogens with one attached hydrogen (secondary N) is 2. The second kappa shape index (κ2) is 7.24. The molecule has 3 unspecified atom stereocenters. The van der Waals surface area contributed by atoms with Crippen LogP contribution in [0, 0.1) is 5.92 Å². The van der Waals surface area contributed by atoms with Crippen LogP contribution in [-0.4, -0.2) is 23.7 Å². The van der Waals surface area contributed by atoms with Crippen molar-refractivity contribution in [3.05, 3.63) is 28.2 Å². The van der Waals surface area contributed by atoms with Crippen LogP contribution in [0.5, 0.6) is 5.75 Å². The number of benzene rings is 1. The van der Waals surface area contributed by atoms with E-state index in [1.54, 1.807) is 0 Å². The second-order valence-corrected chi connectivity index (χ2v) is 6.22. The van der Waals surface area contributed by atoms with Gasteiger partial charge in [-0.2, -0.15) is 0 Å². The Bertz CT molecular complexity index is 510. The lowest BCUT2D eigenvalue weighted by atomic mass is 9.90.